The van der Waals surface area contributed by atoms with Crippen molar-refractivity contribution in [1.29, 1.82) is 0 Å². The molecular formula is C8H22N2+2. The molecule has 0 N–H and O–H groups in total. The Labute approximate surface area is 65.2 Å². The molecule has 0 fully saturated rings. The molecule has 62 valence electrons. The molecule has 0 atom stereocenters. The number of quaternary nitrogens is 2. The number of hydrogen-bond donors (Lipinski definition) is 0. The second-order valence-corrected chi connectivity index (χ2v) is 5.03. The first kappa shape index (κ1) is 9.92. The molecule has 0 saturated carbocycles. The van der Waals surface area contributed by atoms with Gasteiger partial charge in [-0.3, -0.25) is 0 Å². The van der Waals surface area contributed by atoms with Crippen molar-refractivity contribution in [3.8, 4) is 0 Å². The Morgan fingerprint density at radius 2 is 0.800 bits per heavy atom. The van der Waals surface area contributed by atoms with Crippen LogP contribution in [0.25, 0.3) is 0 Å². The summed E-state index contributed by atoms with van der Waals surface area (Å²) in [4.78, 5) is 0. The minimum absolute atomic E-state index is 1.06. The van der Waals surface area contributed by atoms with Crippen molar-refractivity contribution < 1.29 is 8.97 Å². The van der Waals surface area contributed by atoms with Gasteiger partial charge in [-0.1, -0.05) is 0 Å². The second-order valence-electron chi connectivity index (χ2n) is 5.03. The first-order valence-electron chi connectivity index (χ1n) is 3.82. The van der Waals surface area contributed by atoms with Gasteiger partial charge in [-0.25, -0.2) is 0 Å². The van der Waals surface area contributed by atoms with E-state index in [1.165, 1.54) is 13.1 Å². The standard InChI is InChI=1S/C8H22N2/c1-9(2,3)7-8-10(4,5)6/h7-8H2,1-6H3/q+2/i1-1. The smallest absolute Gasteiger partial charge is 0.128 e. The molecule has 0 aliphatic carbocycles. The van der Waals surface area contributed by atoms with E-state index >= 15 is 0 Å². The van der Waals surface area contributed by atoms with E-state index in [4.69, 9.17) is 0 Å². The zero-order valence-electron chi connectivity index (χ0n) is 8.31. The van der Waals surface area contributed by atoms with Crippen LogP contribution in [-0.4, -0.2) is 64.3 Å². The van der Waals surface area contributed by atoms with E-state index in [1.54, 1.807) is 0 Å². The topological polar surface area (TPSA) is 0 Å². The summed E-state index contributed by atoms with van der Waals surface area (Å²) in [6.07, 6.45) is 0. The van der Waals surface area contributed by atoms with E-state index in [2.05, 4.69) is 42.3 Å². The molecular weight excluding hydrogens is 123 g/mol. The van der Waals surface area contributed by atoms with E-state index in [0.29, 0.717) is 0 Å². The van der Waals surface area contributed by atoms with Gasteiger partial charge < -0.3 is 8.97 Å². The van der Waals surface area contributed by atoms with Gasteiger partial charge >= 0.3 is 0 Å². The Bertz CT molecular complexity index is 80.8. The number of nitrogens with zero attached hydrogens (tertiary/aromatic N) is 2. The van der Waals surface area contributed by atoms with Gasteiger partial charge in [0.25, 0.3) is 0 Å². The quantitative estimate of drug-likeness (QED) is 0.504. The second kappa shape index (κ2) is 2.89. The van der Waals surface area contributed by atoms with E-state index < -0.39 is 0 Å². The third kappa shape index (κ3) is 7.92. The SMILES string of the molecule is C[N+](C)(C)CC[N+](C)(C)[11CH3]. The van der Waals surface area contributed by atoms with Crippen LogP contribution in [-0.2, 0) is 0 Å². The number of rotatable bonds is 3. The Morgan fingerprint density at radius 3 is 0.900 bits per heavy atom. The average Bonchev–Trinajstić information content (AvgIpc) is 1.57. The molecule has 2 nitrogen and oxygen atoms in total. The highest BCUT2D eigenvalue weighted by Gasteiger charge is 2.13. The van der Waals surface area contributed by atoms with Gasteiger partial charge in [-0.05, 0) is 0 Å². The van der Waals surface area contributed by atoms with Crippen LogP contribution in [0.4, 0.5) is 0 Å². The lowest BCUT2D eigenvalue weighted by atomic mass is 10.3. The zero-order valence-corrected chi connectivity index (χ0v) is 8.31. The predicted molar refractivity (Wildman–Crippen MR) is 45.8 cm³/mol. The maximum absolute atomic E-state index is 2.23. The molecule has 0 bridgehead atoms. The largest absolute Gasteiger partial charge is 0.326 e. The predicted octanol–water partition coefficient (Wildman–Crippen LogP) is 0.399. The first-order chi connectivity index (χ1) is 4.21. The summed E-state index contributed by atoms with van der Waals surface area (Å²) in [6.45, 7) is 2.48. The van der Waals surface area contributed by atoms with Gasteiger partial charge in [-0.15, -0.1) is 0 Å². The lowest BCUT2D eigenvalue weighted by molar-refractivity contribution is -0.927. The molecule has 10 heavy (non-hydrogen) atoms. The summed E-state index contributed by atoms with van der Waals surface area (Å²) in [6, 6.07) is 0. The molecule has 0 aromatic rings. The molecule has 0 radical (unpaired) electrons. The first-order valence-corrected chi connectivity index (χ1v) is 3.82. The van der Waals surface area contributed by atoms with Crippen LogP contribution in [0.2, 0.25) is 0 Å². The fraction of sp³-hybridized carbons (Fsp3) is 1.00. The molecule has 2 heteroatoms. The van der Waals surface area contributed by atoms with Crippen LogP contribution >= 0.6 is 0 Å². The third-order valence-electron chi connectivity index (χ3n) is 1.44. The van der Waals surface area contributed by atoms with Crippen molar-refractivity contribution in [2.45, 2.75) is 0 Å². The summed E-state index contributed by atoms with van der Waals surface area (Å²) in [7, 11) is 13.4. The Morgan fingerprint density at radius 1 is 0.600 bits per heavy atom. The minimum atomic E-state index is 1.06. The molecule has 0 rings (SSSR count). The van der Waals surface area contributed by atoms with Crippen molar-refractivity contribution in [2.75, 3.05) is 55.4 Å². The molecule has 0 aromatic carbocycles. The maximum atomic E-state index is 2.23. The van der Waals surface area contributed by atoms with E-state index in [9.17, 15) is 0 Å². The zero-order chi connectivity index (χ0) is 8.41. The van der Waals surface area contributed by atoms with Crippen LogP contribution in [0.15, 0.2) is 0 Å². The van der Waals surface area contributed by atoms with Crippen LogP contribution < -0.4 is 0 Å². The van der Waals surface area contributed by atoms with Gasteiger partial charge in [0.05, 0.1) is 42.3 Å². The van der Waals surface area contributed by atoms with Crippen molar-refractivity contribution in [2.24, 2.45) is 0 Å². The van der Waals surface area contributed by atoms with Gasteiger partial charge in [0.2, 0.25) is 0 Å². The van der Waals surface area contributed by atoms with Crippen molar-refractivity contribution >= 4 is 0 Å². The molecule has 0 aliphatic rings. The summed E-state index contributed by atoms with van der Waals surface area (Å²) in [5.41, 5.74) is 0. The normalized spacial score (nSPS) is 13.8. The summed E-state index contributed by atoms with van der Waals surface area (Å²) >= 11 is 0. The molecule has 0 heterocycles. The Kier molecular flexibility index (Phi) is 2.86. The van der Waals surface area contributed by atoms with Gasteiger partial charge in [0.15, 0.2) is 0 Å². The average molecular weight is 145 g/mol. The highest BCUT2D eigenvalue weighted by molar-refractivity contribution is 4.26. The number of hydrogen-bond acceptors (Lipinski definition) is 0. The fourth-order valence-corrected chi connectivity index (χ4v) is 0.600. The van der Waals surface area contributed by atoms with E-state index in [1.807, 2.05) is 0 Å². The monoisotopic (exact) mass is 145 g/mol. The van der Waals surface area contributed by atoms with Crippen LogP contribution in [0.3, 0.4) is 0 Å². The number of likely N-dealkylation sites (N-methyl/N-ethyl adjacent to an activating group) is 2. The highest BCUT2D eigenvalue weighted by atomic mass is 15.3. The van der Waals surface area contributed by atoms with E-state index in [-0.39, 0.29) is 0 Å². The van der Waals surface area contributed by atoms with Gasteiger partial charge in [0.1, 0.15) is 13.1 Å². The summed E-state index contributed by atoms with van der Waals surface area (Å²) < 4.78 is 2.13. The minimum Gasteiger partial charge on any atom is -0.326 e. The Hall–Kier alpha value is -0.0800. The molecule has 0 amide bonds. The fourth-order valence-electron chi connectivity index (χ4n) is 0.600. The molecule has 0 aromatic heterocycles. The van der Waals surface area contributed by atoms with Gasteiger partial charge in [0, 0.05) is 0 Å². The molecule has 0 spiro atoms. The highest BCUT2D eigenvalue weighted by Crippen LogP contribution is 1.94. The summed E-state index contributed by atoms with van der Waals surface area (Å²) in [5.74, 6) is 0. The van der Waals surface area contributed by atoms with Crippen molar-refractivity contribution in [1.82, 2.24) is 0 Å². The molecule has 0 unspecified atom stereocenters. The van der Waals surface area contributed by atoms with Crippen LogP contribution in [0.5, 0.6) is 0 Å². The Balaban J connectivity index is 3.56. The maximum Gasteiger partial charge on any atom is 0.128 e. The third-order valence-corrected chi connectivity index (χ3v) is 1.44. The van der Waals surface area contributed by atoms with Gasteiger partial charge in [-0.2, -0.15) is 0 Å². The van der Waals surface area contributed by atoms with Crippen LogP contribution in [0.1, 0.15) is 0 Å². The van der Waals surface area contributed by atoms with E-state index in [0.717, 1.165) is 8.97 Å². The van der Waals surface area contributed by atoms with Crippen molar-refractivity contribution in [3.05, 3.63) is 0 Å². The lowest BCUT2D eigenvalue weighted by Gasteiger charge is -2.30. The van der Waals surface area contributed by atoms with Crippen LogP contribution in [0, 0.1) is 0 Å². The molecule has 0 saturated heterocycles. The lowest BCUT2D eigenvalue weighted by Crippen LogP contribution is -2.46. The molecule has 0 aliphatic heterocycles. The van der Waals surface area contributed by atoms with Crippen molar-refractivity contribution in [3.63, 3.8) is 0 Å². The summed E-state index contributed by atoms with van der Waals surface area (Å²) in [5, 5.41) is 0.